The van der Waals surface area contributed by atoms with Crippen LogP contribution >= 0.6 is 0 Å². The topological polar surface area (TPSA) is 52.2 Å². The molecule has 0 unspecified atom stereocenters. The molecule has 0 amide bonds. The standard InChI is InChI=1S/C21H26N4/c1-16-7-9-17(10-8-16)11-13-23-21(22-2)24-14-12-18-15-25-20-6-4-3-5-19(18)20/h3-10,15,25H,11-14H2,1-2H3,(H2,22,23,24). The predicted octanol–water partition coefficient (Wildman–Crippen LogP) is 3.43. The van der Waals surface area contributed by atoms with E-state index in [-0.39, 0.29) is 0 Å². The zero-order valence-corrected chi connectivity index (χ0v) is 15.0. The SMILES string of the molecule is CN=C(NCCc1ccc(C)cc1)NCCc1c[nH]c2ccccc12. The Hall–Kier alpha value is -2.75. The van der Waals surface area contributed by atoms with Crippen molar-refractivity contribution in [3.8, 4) is 0 Å². The molecule has 3 rings (SSSR count). The number of rotatable bonds is 6. The van der Waals surface area contributed by atoms with Gasteiger partial charge in [-0.05, 0) is 37.0 Å². The Balaban J connectivity index is 1.44. The molecule has 0 atom stereocenters. The number of aryl methyl sites for hydroxylation is 1. The van der Waals surface area contributed by atoms with Crippen molar-refractivity contribution < 1.29 is 0 Å². The molecule has 0 fully saturated rings. The first kappa shape index (κ1) is 17.1. The third-order valence-corrected chi connectivity index (χ3v) is 4.41. The number of guanidine groups is 1. The highest BCUT2D eigenvalue weighted by molar-refractivity contribution is 5.83. The highest BCUT2D eigenvalue weighted by Gasteiger charge is 2.03. The van der Waals surface area contributed by atoms with E-state index in [0.717, 1.165) is 31.9 Å². The van der Waals surface area contributed by atoms with Gasteiger partial charge in [0, 0.05) is 37.2 Å². The highest BCUT2D eigenvalue weighted by atomic mass is 15.2. The van der Waals surface area contributed by atoms with Gasteiger partial charge in [-0.3, -0.25) is 4.99 Å². The maximum atomic E-state index is 4.30. The maximum absolute atomic E-state index is 4.30. The number of nitrogens with zero attached hydrogens (tertiary/aromatic N) is 1. The van der Waals surface area contributed by atoms with Crippen molar-refractivity contribution in [1.82, 2.24) is 15.6 Å². The molecule has 3 N–H and O–H groups in total. The van der Waals surface area contributed by atoms with E-state index in [1.807, 2.05) is 7.05 Å². The number of H-pyrrole nitrogens is 1. The van der Waals surface area contributed by atoms with Crippen LogP contribution in [0.5, 0.6) is 0 Å². The van der Waals surface area contributed by atoms with Gasteiger partial charge in [0.1, 0.15) is 0 Å². The lowest BCUT2D eigenvalue weighted by Gasteiger charge is -2.12. The number of aromatic nitrogens is 1. The van der Waals surface area contributed by atoms with E-state index >= 15 is 0 Å². The summed E-state index contributed by atoms with van der Waals surface area (Å²) in [5, 5.41) is 8.07. The van der Waals surface area contributed by atoms with Crippen molar-refractivity contribution >= 4 is 16.9 Å². The zero-order valence-electron chi connectivity index (χ0n) is 15.0. The van der Waals surface area contributed by atoms with E-state index in [1.54, 1.807) is 0 Å². The summed E-state index contributed by atoms with van der Waals surface area (Å²) in [6.45, 7) is 3.84. The molecule has 0 saturated carbocycles. The van der Waals surface area contributed by atoms with Gasteiger partial charge in [-0.2, -0.15) is 0 Å². The number of benzene rings is 2. The Morgan fingerprint density at radius 3 is 2.44 bits per heavy atom. The molecule has 0 radical (unpaired) electrons. The summed E-state index contributed by atoms with van der Waals surface area (Å²) in [6.07, 6.45) is 4.05. The molecule has 4 heteroatoms. The van der Waals surface area contributed by atoms with Crippen LogP contribution in [0.25, 0.3) is 10.9 Å². The van der Waals surface area contributed by atoms with Crippen LogP contribution in [0.1, 0.15) is 16.7 Å². The minimum absolute atomic E-state index is 0.853. The average molecular weight is 334 g/mol. The van der Waals surface area contributed by atoms with Gasteiger partial charge in [-0.1, -0.05) is 48.0 Å². The molecule has 0 aliphatic carbocycles. The Morgan fingerprint density at radius 1 is 0.960 bits per heavy atom. The lowest BCUT2D eigenvalue weighted by molar-refractivity contribution is 0.785. The molecule has 0 spiro atoms. The molecule has 0 bridgehead atoms. The predicted molar refractivity (Wildman–Crippen MR) is 106 cm³/mol. The molecule has 0 aliphatic rings. The van der Waals surface area contributed by atoms with Crippen LogP contribution in [-0.4, -0.2) is 31.1 Å². The second-order valence-corrected chi connectivity index (χ2v) is 6.27. The van der Waals surface area contributed by atoms with E-state index in [4.69, 9.17) is 0 Å². The van der Waals surface area contributed by atoms with Gasteiger partial charge >= 0.3 is 0 Å². The molecular weight excluding hydrogens is 308 g/mol. The minimum atomic E-state index is 0.853. The van der Waals surface area contributed by atoms with E-state index in [2.05, 4.69) is 82.3 Å². The fraction of sp³-hybridized carbons (Fsp3) is 0.286. The molecule has 2 aromatic carbocycles. The number of para-hydroxylation sites is 1. The molecule has 0 saturated heterocycles. The Labute approximate surface area is 149 Å². The fourth-order valence-electron chi connectivity index (χ4n) is 2.95. The number of fused-ring (bicyclic) bond motifs is 1. The summed E-state index contributed by atoms with van der Waals surface area (Å²) in [5.74, 6) is 0.854. The third kappa shape index (κ3) is 4.63. The average Bonchev–Trinajstić information content (AvgIpc) is 3.05. The van der Waals surface area contributed by atoms with Crippen LogP contribution in [0.4, 0.5) is 0 Å². The zero-order chi connectivity index (χ0) is 17.5. The van der Waals surface area contributed by atoms with Crippen LogP contribution in [0, 0.1) is 6.92 Å². The van der Waals surface area contributed by atoms with Crippen molar-refractivity contribution in [3.63, 3.8) is 0 Å². The van der Waals surface area contributed by atoms with E-state index < -0.39 is 0 Å². The van der Waals surface area contributed by atoms with Crippen molar-refractivity contribution in [2.75, 3.05) is 20.1 Å². The van der Waals surface area contributed by atoms with Crippen LogP contribution in [-0.2, 0) is 12.8 Å². The van der Waals surface area contributed by atoms with Gasteiger partial charge < -0.3 is 15.6 Å². The van der Waals surface area contributed by atoms with Gasteiger partial charge in [0.25, 0.3) is 0 Å². The summed E-state index contributed by atoms with van der Waals surface area (Å²) < 4.78 is 0. The quantitative estimate of drug-likeness (QED) is 0.478. The molecular formula is C21H26N4. The summed E-state index contributed by atoms with van der Waals surface area (Å²) in [7, 11) is 1.81. The summed E-state index contributed by atoms with van der Waals surface area (Å²) in [4.78, 5) is 7.62. The number of aliphatic imine (C=N–C) groups is 1. The molecule has 1 heterocycles. The smallest absolute Gasteiger partial charge is 0.190 e. The second-order valence-electron chi connectivity index (χ2n) is 6.27. The van der Waals surface area contributed by atoms with Crippen molar-refractivity contribution in [1.29, 1.82) is 0 Å². The van der Waals surface area contributed by atoms with E-state index in [1.165, 1.54) is 27.6 Å². The van der Waals surface area contributed by atoms with Gasteiger partial charge in [0.2, 0.25) is 0 Å². The van der Waals surface area contributed by atoms with E-state index in [9.17, 15) is 0 Å². The molecule has 130 valence electrons. The summed E-state index contributed by atoms with van der Waals surface area (Å²) in [5.41, 5.74) is 5.16. The largest absolute Gasteiger partial charge is 0.361 e. The van der Waals surface area contributed by atoms with Crippen LogP contribution in [0.2, 0.25) is 0 Å². The minimum Gasteiger partial charge on any atom is -0.361 e. The lowest BCUT2D eigenvalue weighted by atomic mass is 10.1. The first-order valence-electron chi connectivity index (χ1n) is 8.81. The first-order chi connectivity index (χ1) is 12.3. The van der Waals surface area contributed by atoms with E-state index in [0.29, 0.717) is 0 Å². The highest BCUT2D eigenvalue weighted by Crippen LogP contribution is 2.17. The molecule has 1 aromatic heterocycles. The van der Waals surface area contributed by atoms with Crippen molar-refractivity contribution in [2.24, 2.45) is 4.99 Å². The van der Waals surface area contributed by atoms with Gasteiger partial charge in [-0.15, -0.1) is 0 Å². The number of hydrogen-bond donors (Lipinski definition) is 3. The summed E-state index contributed by atoms with van der Waals surface area (Å²) >= 11 is 0. The molecule has 0 aliphatic heterocycles. The first-order valence-corrected chi connectivity index (χ1v) is 8.81. The molecule has 25 heavy (non-hydrogen) atoms. The fourth-order valence-corrected chi connectivity index (χ4v) is 2.95. The maximum Gasteiger partial charge on any atom is 0.190 e. The van der Waals surface area contributed by atoms with Gasteiger partial charge in [0.15, 0.2) is 5.96 Å². The van der Waals surface area contributed by atoms with Gasteiger partial charge in [-0.25, -0.2) is 0 Å². The van der Waals surface area contributed by atoms with Crippen LogP contribution in [0.3, 0.4) is 0 Å². The molecule has 3 aromatic rings. The Bertz CT molecular complexity index is 830. The summed E-state index contributed by atoms with van der Waals surface area (Å²) in [6, 6.07) is 17.1. The van der Waals surface area contributed by atoms with Crippen molar-refractivity contribution in [3.05, 3.63) is 71.4 Å². The normalized spacial score (nSPS) is 11.7. The van der Waals surface area contributed by atoms with Crippen molar-refractivity contribution in [2.45, 2.75) is 19.8 Å². The molecule has 4 nitrogen and oxygen atoms in total. The number of aromatic amines is 1. The Kier molecular flexibility index (Phi) is 5.73. The third-order valence-electron chi connectivity index (χ3n) is 4.41. The lowest BCUT2D eigenvalue weighted by Crippen LogP contribution is -2.39. The number of hydrogen-bond acceptors (Lipinski definition) is 1. The second kappa shape index (κ2) is 8.38. The van der Waals surface area contributed by atoms with Crippen LogP contribution < -0.4 is 10.6 Å². The Morgan fingerprint density at radius 2 is 1.68 bits per heavy atom. The monoisotopic (exact) mass is 334 g/mol. The van der Waals surface area contributed by atoms with Gasteiger partial charge in [0.05, 0.1) is 0 Å². The number of nitrogens with one attached hydrogen (secondary N) is 3. The van der Waals surface area contributed by atoms with Crippen LogP contribution in [0.15, 0.2) is 59.7 Å².